The minimum atomic E-state index is -0.890. The number of nitrogens with zero attached hydrogens (tertiary/aromatic N) is 3. The largest absolute Gasteiger partial charge is 0.453 e. The molecule has 1 unspecified atom stereocenters. The molecule has 1 atom stereocenters. The molecule has 86 heavy (non-hydrogen) atoms. The molecule has 3 heterocycles. The normalized spacial score (nSPS) is 15.1. The van der Waals surface area contributed by atoms with Gasteiger partial charge in [0.05, 0.1) is 38.6 Å². The van der Waals surface area contributed by atoms with E-state index < -0.39 is 5.41 Å². The van der Waals surface area contributed by atoms with Crippen molar-refractivity contribution < 1.29 is 4.74 Å². The minimum Gasteiger partial charge on any atom is -0.453 e. The summed E-state index contributed by atoms with van der Waals surface area (Å²) in [5.41, 5.74) is 21.6. The van der Waals surface area contributed by atoms with Crippen molar-refractivity contribution in [1.82, 2.24) is 0 Å². The number of anilines is 9. The lowest BCUT2D eigenvalue weighted by atomic mass is 9.64. The summed E-state index contributed by atoms with van der Waals surface area (Å²) in [6.07, 6.45) is 0. The monoisotopic (exact) mass is 1140 g/mol. The Hall–Kier alpha value is -8.90. The highest BCUT2D eigenvalue weighted by Crippen LogP contribution is 2.70. The molecular weight excluding hydrogens is 1060 g/mol. The third kappa shape index (κ3) is 8.14. The van der Waals surface area contributed by atoms with E-state index in [0.717, 1.165) is 62.7 Å². The van der Waals surface area contributed by atoms with Crippen molar-refractivity contribution in [2.75, 3.05) is 14.7 Å². The molecule has 2 aliphatic heterocycles. The van der Waals surface area contributed by atoms with Gasteiger partial charge < -0.3 is 19.4 Å². The van der Waals surface area contributed by atoms with Crippen LogP contribution in [0.2, 0.25) is 0 Å². The molecule has 5 heteroatoms. The molecule has 1 spiro atoms. The number of fused-ring (bicyclic) bond motifs is 17. The van der Waals surface area contributed by atoms with E-state index in [0.29, 0.717) is 0 Å². The van der Waals surface area contributed by atoms with Crippen molar-refractivity contribution in [2.45, 2.75) is 110 Å². The summed E-state index contributed by atoms with van der Waals surface area (Å²) < 4.78 is 9.64. The van der Waals surface area contributed by atoms with Crippen molar-refractivity contribution in [3.05, 3.63) is 269 Å². The smallest absolute Gasteiger partial charge is 0.151 e. The Morgan fingerprint density at radius 1 is 0.360 bits per heavy atom. The van der Waals surface area contributed by atoms with E-state index in [1.54, 1.807) is 0 Å². The third-order valence-corrected chi connectivity index (χ3v) is 19.9. The van der Waals surface area contributed by atoms with Gasteiger partial charge in [0.1, 0.15) is 0 Å². The lowest BCUT2D eigenvalue weighted by molar-refractivity contribution is 0.473. The Bertz CT molecular complexity index is 4580. The van der Waals surface area contributed by atoms with Crippen LogP contribution in [-0.2, 0) is 27.1 Å². The standard InChI is InChI=1S/C81H73N3OS/c1-77(2,3)50-32-40-54(41-33-50)82(55-42-34-51(35-43-55)78(4,5)6)67-48-63-72(59-23-14-13-22-58(59)67)74-64(81(63)61-25-16-17-27-65(61)84-66-28-18-19-29-69(66)85-70-30-21-26-62(81)75(70)84)49-68(76-73(74)60-24-15-20-31-71(60)86-76)83(56-44-36-52(37-45-56)79(7,8)9)57-46-38-53(39-47-57)80(10,11)12/h13-49H,1-12H3. The summed E-state index contributed by atoms with van der Waals surface area (Å²) in [5, 5.41) is 4.92. The predicted molar refractivity (Wildman–Crippen MR) is 367 cm³/mol. The van der Waals surface area contributed by atoms with Gasteiger partial charge in [0.25, 0.3) is 0 Å². The first-order chi connectivity index (χ1) is 41.2. The van der Waals surface area contributed by atoms with Crippen LogP contribution in [0, 0.1) is 0 Å². The van der Waals surface area contributed by atoms with Crippen LogP contribution in [0.5, 0.6) is 11.5 Å². The summed E-state index contributed by atoms with van der Waals surface area (Å²) >= 11 is 1.91. The SMILES string of the molecule is CC(C)(C)c1ccc(N(c2ccc(C(C)(C)C)cc2)c2cc3c(c4ccccc24)-c2c(cc(N(c4ccc(C(C)(C)C)cc4)c4ccc(C(C)(C)C)cc4)c4sc5ccccc5c24)C32c3ccccc3N3c4ccccc4Oc4cccc2c43)cc1. The number of hydrogen-bond donors (Lipinski definition) is 0. The lowest BCUT2D eigenvalue weighted by Crippen LogP contribution is -2.37. The van der Waals surface area contributed by atoms with Gasteiger partial charge in [-0.15, -0.1) is 11.3 Å². The number of rotatable bonds is 6. The fraction of sp³-hybridized carbons (Fsp3) is 0.210. The number of para-hydroxylation sites is 4. The predicted octanol–water partition coefficient (Wildman–Crippen LogP) is 23.6. The Labute approximate surface area is 511 Å². The second-order valence-corrected chi connectivity index (χ2v) is 29.2. The zero-order chi connectivity index (χ0) is 59.4. The first kappa shape index (κ1) is 53.8. The first-order valence-corrected chi connectivity index (χ1v) is 31.4. The van der Waals surface area contributed by atoms with Gasteiger partial charge in [-0.05, 0) is 174 Å². The van der Waals surface area contributed by atoms with Crippen molar-refractivity contribution >= 4 is 93.5 Å². The van der Waals surface area contributed by atoms with Crippen LogP contribution in [0.3, 0.4) is 0 Å². The molecule has 1 aliphatic carbocycles. The fourth-order valence-electron chi connectivity index (χ4n) is 14.2. The second-order valence-electron chi connectivity index (χ2n) is 28.2. The fourth-order valence-corrected chi connectivity index (χ4v) is 15.4. The molecule has 0 fully saturated rings. The van der Waals surface area contributed by atoms with Gasteiger partial charge in [0, 0.05) is 43.6 Å². The van der Waals surface area contributed by atoms with Gasteiger partial charge in [0.2, 0.25) is 0 Å². The van der Waals surface area contributed by atoms with E-state index in [9.17, 15) is 0 Å². The van der Waals surface area contributed by atoms with Crippen LogP contribution in [0.15, 0.2) is 224 Å². The molecule has 0 N–H and O–H groups in total. The zero-order valence-corrected chi connectivity index (χ0v) is 52.3. The maximum Gasteiger partial charge on any atom is 0.151 e. The molecule has 11 aromatic carbocycles. The van der Waals surface area contributed by atoms with Crippen molar-refractivity contribution in [1.29, 1.82) is 0 Å². The summed E-state index contributed by atoms with van der Waals surface area (Å²) in [7, 11) is 0. The van der Waals surface area contributed by atoms with Crippen LogP contribution in [0.4, 0.5) is 51.2 Å². The third-order valence-electron chi connectivity index (χ3n) is 18.7. The summed E-state index contributed by atoms with van der Waals surface area (Å²) in [6.45, 7) is 27.6. The summed E-state index contributed by atoms with van der Waals surface area (Å²) in [5.74, 6) is 1.68. The van der Waals surface area contributed by atoms with Gasteiger partial charge in [-0.1, -0.05) is 217 Å². The van der Waals surface area contributed by atoms with Gasteiger partial charge in [-0.2, -0.15) is 0 Å². The van der Waals surface area contributed by atoms with Crippen LogP contribution < -0.4 is 19.4 Å². The number of benzene rings is 11. The number of thiophene rings is 1. The molecule has 3 aliphatic rings. The molecule has 12 aromatic rings. The van der Waals surface area contributed by atoms with Gasteiger partial charge in [-0.3, -0.25) is 0 Å². The molecule has 0 saturated carbocycles. The highest BCUT2D eigenvalue weighted by atomic mass is 32.1. The summed E-state index contributed by atoms with van der Waals surface area (Å²) in [4.78, 5) is 7.58. The van der Waals surface area contributed by atoms with Crippen LogP contribution in [0.1, 0.15) is 128 Å². The van der Waals surface area contributed by atoms with Gasteiger partial charge >= 0.3 is 0 Å². The number of hydrogen-bond acceptors (Lipinski definition) is 5. The molecule has 0 bridgehead atoms. The molecule has 0 amide bonds. The highest BCUT2D eigenvalue weighted by Gasteiger charge is 2.55. The average molecular weight is 1140 g/mol. The van der Waals surface area contributed by atoms with E-state index in [2.05, 4.69) is 322 Å². The Morgan fingerprint density at radius 3 is 1.33 bits per heavy atom. The van der Waals surface area contributed by atoms with Gasteiger partial charge in [-0.25, -0.2) is 0 Å². The second kappa shape index (κ2) is 19.1. The quantitative estimate of drug-likeness (QED) is 0.165. The molecular formula is C81H73N3OS. The molecule has 0 saturated heterocycles. The van der Waals surface area contributed by atoms with Crippen molar-refractivity contribution in [3.63, 3.8) is 0 Å². The van der Waals surface area contributed by atoms with E-state index in [1.807, 2.05) is 11.3 Å². The first-order valence-electron chi connectivity index (χ1n) is 30.6. The average Bonchev–Trinajstić information content (AvgIpc) is 1.43. The van der Waals surface area contributed by atoms with E-state index in [4.69, 9.17) is 4.74 Å². The molecule has 15 rings (SSSR count). The summed E-state index contributed by atoms with van der Waals surface area (Å²) in [6, 6.07) is 85.6. The molecule has 1 aromatic heterocycles. The van der Waals surface area contributed by atoms with Crippen LogP contribution in [0.25, 0.3) is 42.1 Å². The van der Waals surface area contributed by atoms with E-state index in [1.165, 1.54) is 86.6 Å². The Kier molecular flexibility index (Phi) is 11.9. The maximum atomic E-state index is 7.14. The van der Waals surface area contributed by atoms with Crippen LogP contribution in [-0.4, -0.2) is 0 Å². The minimum absolute atomic E-state index is 0.0190. The highest BCUT2D eigenvalue weighted by molar-refractivity contribution is 7.26. The topological polar surface area (TPSA) is 19.0 Å². The molecule has 424 valence electrons. The van der Waals surface area contributed by atoms with Crippen molar-refractivity contribution in [3.8, 4) is 22.6 Å². The Balaban J connectivity index is 1.12. The Morgan fingerprint density at radius 2 is 0.779 bits per heavy atom. The molecule has 4 nitrogen and oxygen atoms in total. The lowest BCUT2D eigenvalue weighted by Gasteiger charge is -2.47. The van der Waals surface area contributed by atoms with Crippen LogP contribution >= 0.6 is 11.3 Å². The molecule has 0 radical (unpaired) electrons. The van der Waals surface area contributed by atoms with Crippen molar-refractivity contribution in [2.24, 2.45) is 0 Å². The van der Waals surface area contributed by atoms with E-state index >= 15 is 0 Å². The number of ether oxygens (including phenoxy) is 1. The van der Waals surface area contributed by atoms with E-state index in [-0.39, 0.29) is 21.7 Å². The zero-order valence-electron chi connectivity index (χ0n) is 51.5. The maximum absolute atomic E-state index is 7.14. The van der Waals surface area contributed by atoms with Gasteiger partial charge in [0.15, 0.2) is 11.5 Å².